The molecule has 0 saturated heterocycles. The van der Waals surface area contributed by atoms with Gasteiger partial charge in [0, 0.05) is 9.75 Å². The molecule has 0 radical (unpaired) electrons. The van der Waals surface area contributed by atoms with Crippen molar-refractivity contribution in [2.45, 2.75) is 32.5 Å². The summed E-state index contributed by atoms with van der Waals surface area (Å²) < 4.78 is 37.6. The molecule has 2 aromatic rings. The van der Waals surface area contributed by atoms with Crippen LogP contribution in [0.3, 0.4) is 0 Å². The Morgan fingerprint density at radius 3 is 2.24 bits per heavy atom. The highest BCUT2D eigenvalue weighted by Crippen LogP contribution is 2.31. The van der Waals surface area contributed by atoms with Crippen LogP contribution in [0.1, 0.15) is 32.5 Å². The van der Waals surface area contributed by atoms with Gasteiger partial charge in [-0.05, 0) is 49.6 Å². The quantitative estimate of drug-likeness (QED) is 0.658. The molecule has 1 aromatic carbocycles. The molecule has 3 N–H and O–H groups in total. The van der Waals surface area contributed by atoms with Crippen LogP contribution >= 0.6 is 11.3 Å². The lowest BCUT2D eigenvalue weighted by Crippen LogP contribution is -2.29. The number of rotatable bonds is 4. The van der Waals surface area contributed by atoms with Crippen LogP contribution in [0, 0.1) is 13.8 Å². The number of nitrogens with one attached hydrogen (secondary N) is 1. The van der Waals surface area contributed by atoms with E-state index < -0.39 is 11.7 Å². The van der Waals surface area contributed by atoms with Gasteiger partial charge >= 0.3 is 6.18 Å². The normalized spacial score (nSPS) is 13.4. The van der Waals surface area contributed by atoms with Gasteiger partial charge in [-0.1, -0.05) is 12.1 Å². The van der Waals surface area contributed by atoms with Gasteiger partial charge in [0.25, 0.3) is 0 Å². The van der Waals surface area contributed by atoms with Crippen LogP contribution in [0.2, 0.25) is 0 Å². The first-order valence-electron chi connectivity index (χ1n) is 6.50. The lowest BCUT2D eigenvalue weighted by Gasteiger charge is -2.15. The lowest BCUT2D eigenvalue weighted by atomic mass is 10.0. The van der Waals surface area contributed by atoms with Crippen molar-refractivity contribution >= 4 is 11.3 Å². The highest BCUT2D eigenvalue weighted by Gasteiger charge is 2.30. The van der Waals surface area contributed by atoms with Crippen molar-refractivity contribution in [3.8, 4) is 0 Å². The van der Waals surface area contributed by atoms with Gasteiger partial charge in [0.2, 0.25) is 0 Å². The topological polar surface area (TPSA) is 38.0 Å². The van der Waals surface area contributed by atoms with Gasteiger partial charge in [0.1, 0.15) is 0 Å². The summed E-state index contributed by atoms with van der Waals surface area (Å²) in [7, 11) is 0. The second-order valence-corrected chi connectivity index (χ2v) is 6.29. The van der Waals surface area contributed by atoms with E-state index in [0.29, 0.717) is 6.42 Å². The highest BCUT2D eigenvalue weighted by atomic mass is 32.1. The van der Waals surface area contributed by atoms with E-state index in [1.807, 2.05) is 13.8 Å². The number of nitrogens with two attached hydrogens (primary N) is 1. The summed E-state index contributed by atoms with van der Waals surface area (Å²) in [5, 5.41) is 0. The van der Waals surface area contributed by atoms with E-state index in [9.17, 15) is 13.2 Å². The zero-order valence-corrected chi connectivity index (χ0v) is 12.6. The molecular formula is C15H17F3N2S. The van der Waals surface area contributed by atoms with Crippen LogP contribution in [0.5, 0.6) is 0 Å². The fourth-order valence-electron chi connectivity index (χ4n) is 2.08. The summed E-state index contributed by atoms with van der Waals surface area (Å²) in [6, 6.07) is 7.18. The summed E-state index contributed by atoms with van der Waals surface area (Å²) in [5.41, 5.74) is 4.12. The fraction of sp³-hybridized carbons (Fsp3) is 0.333. The summed E-state index contributed by atoms with van der Waals surface area (Å²) in [5.74, 6) is 5.59. The highest BCUT2D eigenvalue weighted by molar-refractivity contribution is 7.12. The van der Waals surface area contributed by atoms with Gasteiger partial charge in [0.15, 0.2) is 0 Å². The van der Waals surface area contributed by atoms with Crippen molar-refractivity contribution in [3.63, 3.8) is 0 Å². The molecule has 0 spiro atoms. The zero-order chi connectivity index (χ0) is 15.6. The molecule has 114 valence electrons. The Kier molecular flexibility index (Phi) is 4.70. The molecule has 1 atom stereocenters. The first-order chi connectivity index (χ1) is 9.81. The largest absolute Gasteiger partial charge is 0.416 e. The molecule has 0 aliphatic carbocycles. The number of halogens is 3. The minimum atomic E-state index is -4.30. The average Bonchev–Trinajstić information content (AvgIpc) is 2.75. The second kappa shape index (κ2) is 6.17. The third-order valence-electron chi connectivity index (χ3n) is 3.45. The smallest absolute Gasteiger partial charge is 0.271 e. The number of hydrogen-bond donors (Lipinski definition) is 2. The third kappa shape index (κ3) is 3.84. The standard InChI is InChI=1S/C15H17F3N2S/c1-9-7-14(21-10(9)2)13(20-19)8-11-3-5-12(6-4-11)15(16,17)18/h3-7,13,20H,8,19H2,1-2H3. The SMILES string of the molecule is Cc1cc(C(Cc2ccc(C(F)(F)F)cc2)NN)sc1C. The number of hydrogen-bond acceptors (Lipinski definition) is 3. The summed E-state index contributed by atoms with van der Waals surface area (Å²) >= 11 is 1.65. The maximum absolute atomic E-state index is 12.5. The van der Waals surface area contributed by atoms with Gasteiger partial charge in [-0.25, -0.2) is 0 Å². The average molecular weight is 314 g/mol. The molecule has 2 nitrogen and oxygen atoms in total. The molecule has 0 fully saturated rings. The predicted octanol–water partition coefficient (Wildman–Crippen LogP) is 4.13. The number of alkyl halides is 3. The summed E-state index contributed by atoms with van der Waals surface area (Å²) in [6.07, 6.45) is -3.75. The number of thiophene rings is 1. The summed E-state index contributed by atoms with van der Waals surface area (Å²) in [6.45, 7) is 4.07. The van der Waals surface area contributed by atoms with Crippen LogP contribution in [0.25, 0.3) is 0 Å². The predicted molar refractivity (Wildman–Crippen MR) is 79.0 cm³/mol. The van der Waals surface area contributed by atoms with Crippen molar-refractivity contribution in [1.29, 1.82) is 0 Å². The Hall–Kier alpha value is -1.37. The van der Waals surface area contributed by atoms with Gasteiger partial charge in [-0.15, -0.1) is 11.3 Å². The molecule has 6 heteroatoms. The third-order valence-corrected chi connectivity index (χ3v) is 4.72. The van der Waals surface area contributed by atoms with Crippen LogP contribution in [0.4, 0.5) is 13.2 Å². The maximum atomic E-state index is 12.5. The van der Waals surface area contributed by atoms with Crippen molar-refractivity contribution < 1.29 is 13.2 Å². The van der Waals surface area contributed by atoms with Crippen molar-refractivity contribution in [2.24, 2.45) is 5.84 Å². The van der Waals surface area contributed by atoms with E-state index in [-0.39, 0.29) is 6.04 Å². The van der Waals surface area contributed by atoms with E-state index in [0.717, 1.165) is 22.6 Å². The molecule has 0 aliphatic heterocycles. The maximum Gasteiger partial charge on any atom is 0.416 e. The van der Waals surface area contributed by atoms with E-state index >= 15 is 0 Å². The molecule has 0 bridgehead atoms. The monoisotopic (exact) mass is 314 g/mol. The second-order valence-electron chi connectivity index (χ2n) is 5.01. The first kappa shape index (κ1) is 16.0. The van der Waals surface area contributed by atoms with Crippen molar-refractivity contribution in [3.05, 3.63) is 56.8 Å². The van der Waals surface area contributed by atoms with Crippen LogP contribution < -0.4 is 11.3 Å². The Bertz CT molecular complexity index is 583. The molecule has 0 amide bonds. The molecule has 1 unspecified atom stereocenters. The molecule has 0 aliphatic rings. The van der Waals surface area contributed by atoms with Gasteiger partial charge in [0.05, 0.1) is 11.6 Å². The molecule has 1 heterocycles. The van der Waals surface area contributed by atoms with Crippen LogP contribution in [0.15, 0.2) is 30.3 Å². The molecule has 2 rings (SSSR count). The first-order valence-corrected chi connectivity index (χ1v) is 7.32. The van der Waals surface area contributed by atoms with Crippen LogP contribution in [-0.2, 0) is 12.6 Å². The molecule has 21 heavy (non-hydrogen) atoms. The molecular weight excluding hydrogens is 297 g/mol. The molecule has 1 aromatic heterocycles. The van der Waals surface area contributed by atoms with Gasteiger partial charge in [-0.2, -0.15) is 13.2 Å². The van der Waals surface area contributed by atoms with E-state index in [2.05, 4.69) is 11.5 Å². The summed E-state index contributed by atoms with van der Waals surface area (Å²) in [4.78, 5) is 2.31. The lowest BCUT2D eigenvalue weighted by molar-refractivity contribution is -0.137. The van der Waals surface area contributed by atoms with Gasteiger partial charge in [-0.3, -0.25) is 11.3 Å². The van der Waals surface area contributed by atoms with Gasteiger partial charge < -0.3 is 0 Å². The Morgan fingerprint density at radius 1 is 1.19 bits per heavy atom. The fourth-order valence-corrected chi connectivity index (χ4v) is 3.18. The Morgan fingerprint density at radius 2 is 1.81 bits per heavy atom. The van der Waals surface area contributed by atoms with Crippen molar-refractivity contribution in [1.82, 2.24) is 5.43 Å². The van der Waals surface area contributed by atoms with E-state index in [1.54, 1.807) is 11.3 Å². The van der Waals surface area contributed by atoms with E-state index in [1.165, 1.54) is 22.6 Å². The van der Waals surface area contributed by atoms with E-state index in [4.69, 9.17) is 5.84 Å². The number of aryl methyl sites for hydroxylation is 2. The number of hydrazine groups is 1. The zero-order valence-electron chi connectivity index (χ0n) is 11.8. The molecule has 0 saturated carbocycles. The minimum Gasteiger partial charge on any atom is -0.271 e. The Labute approximate surface area is 125 Å². The Balaban J connectivity index is 2.15. The van der Waals surface area contributed by atoms with Crippen LogP contribution in [-0.4, -0.2) is 0 Å². The minimum absolute atomic E-state index is 0.0980. The number of benzene rings is 1. The van der Waals surface area contributed by atoms with Crippen molar-refractivity contribution in [2.75, 3.05) is 0 Å².